The first-order valence-corrected chi connectivity index (χ1v) is 7.62. The second-order valence-electron chi connectivity index (χ2n) is 3.46. The van der Waals surface area contributed by atoms with Gasteiger partial charge in [0.15, 0.2) is 0 Å². The van der Waals surface area contributed by atoms with E-state index < -0.39 is 18.9 Å². The topological polar surface area (TPSA) is 20.3 Å². The molecule has 1 rings (SSSR count). The van der Waals surface area contributed by atoms with Gasteiger partial charge in [0.25, 0.3) is 12.3 Å². The van der Waals surface area contributed by atoms with Crippen LogP contribution in [0.3, 0.4) is 0 Å². The zero-order valence-electron chi connectivity index (χ0n) is 9.18. The maximum atomic E-state index is 12.4. The minimum atomic E-state index is -2.55. The van der Waals surface area contributed by atoms with Crippen LogP contribution < -0.4 is 0 Å². The third-order valence-corrected chi connectivity index (χ3v) is 4.09. The van der Waals surface area contributed by atoms with Gasteiger partial charge in [-0.15, -0.1) is 0 Å². The molecule has 1 amide bonds. The fourth-order valence-electron chi connectivity index (χ4n) is 1.36. The third-order valence-electron chi connectivity index (χ3n) is 2.17. The smallest absolute Gasteiger partial charge is 0.255 e. The van der Waals surface area contributed by atoms with Crippen molar-refractivity contribution in [3.63, 3.8) is 0 Å². The van der Waals surface area contributed by atoms with Crippen LogP contribution in [0.25, 0.3) is 0 Å². The molecule has 0 saturated carbocycles. The van der Waals surface area contributed by atoms with Crippen LogP contribution in [0.15, 0.2) is 18.2 Å². The molecule has 100 valence electrons. The highest BCUT2D eigenvalue weighted by molar-refractivity contribution is 14.1. The van der Waals surface area contributed by atoms with Gasteiger partial charge in [-0.05, 0) is 40.8 Å². The number of rotatable bonds is 5. The number of nitrogens with zero attached hydrogens (tertiary/aromatic N) is 1. The van der Waals surface area contributed by atoms with E-state index in [1.165, 1.54) is 6.07 Å². The Morgan fingerprint density at radius 2 is 2.17 bits per heavy atom. The van der Waals surface area contributed by atoms with Crippen LogP contribution in [0.4, 0.5) is 8.78 Å². The van der Waals surface area contributed by atoms with Crippen molar-refractivity contribution >= 4 is 56.0 Å². The number of halogens is 5. The summed E-state index contributed by atoms with van der Waals surface area (Å²) < 4.78 is 25.6. The van der Waals surface area contributed by atoms with Gasteiger partial charge >= 0.3 is 0 Å². The summed E-state index contributed by atoms with van der Waals surface area (Å²) in [5, 5.41) is 0.890. The summed E-state index contributed by atoms with van der Waals surface area (Å²) in [6, 6.07) is 4.77. The molecular weight excluding hydrogens is 442 g/mol. The predicted octanol–water partition coefficient (Wildman–Crippen LogP) is 4.05. The molecule has 0 unspecified atom stereocenters. The minimum absolute atomic E-state index is 0.229. The van der Waals surface area contributed by atoms with Gasteiger partial charge in [-0.2, -0.15) is 0 Å². The molecule has 0 fully saturated rings. The van der Waals surface area contributed by atoms with Crippen molar-refractivity contribution in [1.82, 2.24) is 4.90 Å². The molecule has 0 saturated heterocycles. The summed E-state index contributed by atoms with van der Waals surface area (Å²) in [6.45, 7) is -0.346. The number of carbonyl (C=O) groups excluding carboxylic acids is 1. The number of hydrogen-bond acceptors (Lipinski definition) is 1. The molecule has 0 aliphatic carbocycles. The van der Waals surface area contributed by atoms with Gasteiger partial charge in [-0.25, -0.2) is 8.78 Å². The molecule has 0 spiro atoms. The van der Waals surface area contributed by atoms with Gasteiger partial charge in [0, 0.05) is 21.0 Å². The lowest BCUT2D eigenvalue weighted by atomic mass is 10.2. The molecule has 7 heteroatoms. The highest BCUT2D eigenvalue weighted by Gasteiger charge is 2.19. The van der Waals surface area contributed by atoms with Gasteiger partial charge in [-0.1, -0.05) is 27.5 Å². The maximum Gasteiger partial charge on any atom is 0.255 e. The summed E-state index contributed by atoms with van der Waals surface area (Å²) >= 11 is 11.1. The van der Waals surface area contributed by atoms with Crippen molar-refractivity contribution in [1.29, 1.82) is 0 Å². The summed E-state index contributed by atoms with van der Waals surface area (Å²) in [5.41, 5.74) is 0.321. The molecule has 0 aliphatic heterocycles. The zero-order chi connectivity index (χ0) is 13.7. The molecule has 0 bridgehead atoms. The van der Waals surface area contributed by atoms with Crippen LogP contribution in [0, 0.1) is 3.57 Å². The van der Waals surface area contributed by atoms with E-state index in [0.29, 0.717) is 15.9 Å². The van der Waals surface area contributed by atoms with Gasteiger partial charge in [0.05, 0.1) is 11.6 Å². The molecule has 0 aliphatic rings. The van der Waals surface area contributed by atoms with Crippen molar-refractivity contribution in [3.8, 4) is 0 Å². The van der Waals surface area contributed by atoms with Crippen molar-refractivity contribution in [3.05, 3.63) is 32.4 Å². The summed E-state index contributed by atoms with van der Waals surface area (Å²) in [4.78, 5) is 13.2. The van der Waals surface area contributed by atoms with Crippen LogP contribution in [-0.4, -0.2) is 35.7 Å². The quantitative estimate of drug-likeness (QED) is 0.488. The van der Waals surface area contributed by atoms with E-state index in [9.17, 15) is 13.6 Å². The molecule has 0 heterocycles. The lowest BCUT2D eigenvalue weighted by Crippen LogP contribution is -2.36. The first-order chi connectivity index (χ1) is 8.45. The second-order valence-corrected chi connectivity index (χ2v) is 5.82. The van der Waals surface area contributed by atoms with E-state index in [1.807, 2.05) is 22.6 Å². The summed E-state index contributed by atoms with van der Waals surface area (Å²) in [6.07, 6.45) is -2.55. The average molecular weight is 452 g/mol. The SMILES string of the molecule is O=C(c1ccc(I)c(Cl)c1)N(CCBr)CC(F)F. The maximum absolute atomic E-state index is 12.4. The number of amides is 1. The Morgan fingerprint density at radius 1 is 1.50 bits per heavy atom. The van der Waals surface area contributed by atoms with Crippen LogP contribution in [0.5, 0.6) is 0 Å². The molecular formula is C11H10BrClF2INO. The Labute approximate surface area is 131 Å². The van der Waals surface area contributed by atoms with Gasteiger partial charge in [0.2, 0.25) is 0 Å². The minimum Gasteiger partial charge on any atom is -0.332 e. The molecule has 0 radical (unpaired) electrons. The first kappa shape index (κ1) is 16.1. The van der Waals surface area contributed by atoms with E-state index in [-0.39, 0.29) is 6.54 Å². The van der Waals surface area contributed by atoms with E-state index >= 15 is 0 Å². The van der Waals surface area contributed by atoms with Crippen LogP contribution >= 0.6 is 50.1 Å². The third kappa shape index (κ3) is 4.62. The highest BCUT2D eigenvalue weighted by atomic mass is 127. The van der Waals surface area contributed by atoms with Crippen molar-refractivity contribution in [2.75, 3.05) is 18.4 Å². The molecule has 1 aromatic carbocycles. The molecule has 0 aromatic heterocycles. The largest absolute Gasteiger partial charge is 0.332 e. The fraction of sp³-hybridized carbons (Fsp3) is 0.364. The predicted molar refractivity (Wildman–Crippen MR) is 79.9 cm³/mol. The summed E-state index contributed by atoms with van der Waals surface area (Å²) in [5.74, 6) is -0.437. The molecule has 1 aromatic rings. The van der Waals surface area contributed by atoms with E-state index in [1.54, 1.807) is 12.1 Å². The lowest BCUT2D eigenvalue weighted by Gasteiger charge is -2.21. The van der Waals surface area contributed by atoms with Crippen LogP contribution in [0.2, 0.25) is 5.02 Å². The molecule has 0 N–H and O–H groups in total. The number of hydrogen-bond donors (Lipinski definition) is 0. The lowest BCUT2D eigenvalue weighted by molar-refractivity contribution is 0.0572. The molecule has 18 heavy (non-hydrogen) atoms. The summed E-state index contributed by atoms with van der Waals surface area (Å²) in [7, 11) is 0. The number of benzene rings is 1. The van der Waals surface area contributed by atoms with Crippen LogP contribution in [0.1, 0.15) is 10.4 Å². The van der Waals surface area contributed by atoms with Crippen molar-refractivity contribution in [2.45, 2.75) is 6.43 Å². The Morgan fingerprint density at radius 3 is 2.67 bits per heavy atom. The Kier molecular flexibility index (Phi) is 6.79. The van der Waals surface area contributed by atoms with Crippen molar-refractivity contribution in [2.24, 2.45) is 0 Å². The molecule has 0 atom stereocenters. The number of alkyl halides is 3. The van der Waals surface area contributed by atoms with Gasteiger partial charge in [0.1, 0.15) is 0 Å². The van der Waals surface area contributed by atoms with Crippen molar-refractivity contribution < 1.29 is 13.6 Å². The van der Waals surface area contributed by atoms with E-state index in [2.05, 4.69) is 15.9 Å². The Balaban J connectivity index is 2.90. The second kappa shape index (κ2) is 7.59. The van der Waals surface area contributed by atoms with Gasteiger partial charge in [-0.3, -0.25) is 4.79 Å². The molecule has 2 nitrogen and oxygen atoms in total. The Hall–Kier alpha value is 0.0500. The van der Waals surface area contributed by atoms with E-state index in [4.69, 9.17) is 11.6 Å². The highest BCUT2D eigenvalue weighted by Crippen LogP contribution is 2.20. The van der Waals surface area contributed by atoms with E-state index in [0.717, 1.165) is 8.47 Å². The fourth-order valence-corrected chi connectivity index (χ4v) is 2.30. The Bertz CT molecular complexity index is 434. The normalized spacial score (nSPS) is 10.8. The monoisotopic (exact) mass is 451 g/mol. The first-order valence-electron chi connectivity index (χ1n) is 5.04. The van der Waals surface area contributed by atoms with Gasteiger partial charge < -0.3 is 4.90 Å². The average Bonchev–Trinajstić information content (AvgIpc) is 2.31. The zero-order valence-corrected chi connectivity index (χ0v) is 13.7. The number of carbonyl (C=O) groups is 1. The van der Waals surface area contributed by atoms with Crippen LogP contribution in [-0.2, 0) is 0 Å². The standard InChI is InChI=1S/C11H10BrClF2INO/c12-3-4-17(6-10(14)15)11(18)7-1-2-9(16)8(13)5-7/h1-2,5,10H,3-4,6H2.